The van der Waals surface area contributed by atoms with Crippen molar-refractivity contribution in [3.63, 3.8) is 0 Å². The van der Waals surface area contributed by atoms with Crippen LogP contribution in [0.5, 0.6) is 0 Å². The van der Waals surface area contributed by atoms with Gasteiger partial charge in [0.2, 0.25) is 5.91 Å². The number of benzene rings is 1. The highest BCUT2D eigenvalue weighted by Crippen LogP contribution is 2.44. The maximum absolute atomic E-state index is 12.1. The summed E-state index contributed by atoms with van der Waals surface area (Å²) in [4.78, 5) is 14.0. The molecule has 1 fully saturated rings. The number of hydrogen-bond acceptors (Lipinski definition) is 3. The van der Waals surface area contributed by atoms with Gasteiger partial charge in [-0.3, -0.25) is 4.79 Å². The zero-order valence-electron chi connectivity index (χ0n) is 10.4. The first-order valence-electron chi connectivity index (χ1n) is 5.84. The summed E-state index contributed by atoms with van der Waals surface area (Å²) < 4.78 is 5.07. The van der Waals surface area contributed by atoms with Crippen LogP contribution in [0.3, 0.4) is 0 Å². The van der Waals surface area contributed by atoms with E-state index < -0.39 is 0 Å². The Morgan fingerprint density at radius 1 is 1.44 bits per heavy atom. The summed E-state index contributed by atoms with van der Waals surface area (Å²) in [6.45, 7) is 3.08. The molecule has 1 aliphatic heterocycles. The van der Waals surface area contributed by atoms with Crippen molar-refractivity contribution in [3.05, 3.63) is 34.9 Å². The van der Waals surface area contributed by atoms with Gasteiger partial charge in [-0.2, -0.15) is 0 Å². The Morgan fingerprint density at radius 3 is 2.83 bits per heavy atom. The summed E-state index contributed by atoms with van der Waals surface area (Å²) in [6.07, 6.45) is 0. The maximum atomic E-state index is 12.1. The second kappa shape index (κ2) is 5.95. The minimum Gasteiger partial charge on any atom is -0.383 e. The fourth-order valence-corrected chi connectivity index (χ4v) is 3.66. The largest absolute Gasteiger partial charge is 0.383 e. The van der Waals surface area contributed by atoms with Crippen molar-refractivity contribution in [1.29, 1.82) is 0 Å². The smallest absolute Gasteiger partial charge is 0.236 e. The number of ether oxygens (including phenoxy) is 1. The number of rotatable bonds is 4. The van der Waals surface area contributed by atoms with Crippen molar-refractivity contribution < 1.29 is 9.53 Å². The first-order valence-corrected chi connectivity index (χ1v) is 7.16. The van der Waals surface area contributed by atoms with Gasteiger partial charge < -0.3 is 9.64 Å². The van der Waals surface area contributed by atoms with E-state index in [1.807, 2.05) is 36.1 Å². The van der Waals surface area contributed by atoms with Gasteiger partial charge in [-0.15, -0.1) is 11.8 Å². The fraction of sp³-hybridized carbons (Fsp3) is 0.462. The summed E-state index contributed by atoms with van der Waals surface area (Å²) in [7, 11) is 1.64. The van der Waals surface area contributed by atoms with Crippen LogP contribution in [0.25, 0.3) is 0 Å². The van der Waals surface area contributed by atoms with Gasteiger partial charge in [0.15, 0.2) is 0 Å². The molecule has 98 valence electrons. The first kappa shape index (κ1) is 13.7. The molecule has 1 heterocycles. The van der Waals surface area contributed by atoms with Gasteiger partial charge in [-0.05, 0) is 13.0 Å². The molecule has 0 N–H and O–H groups in total. The van der Waals surface area contributed by atoms with Gasteiger partial charge in [0.1, 0.15) is 5.37 Å². The van der Waals surface area contributed by atoms with Crippen molar-refractivity contribution in [2.24, 2.45) is 0 Å². The van der Waals surface area contributed by atoms with E-state index in [0.717, 1.165) is 5.56 Å². The van der Waals surface area contributed by atoms with Crippen LogP contribution >= 0.6 is 23.4 Å². The number of nitrogens with zero attached hydrogens (tertiary/aromatic N) is 1. The summed E-state index contributed by atoms with van der Waals surface area (Å²) in [5.74, 6) is 0.155. The average Bonchev–Trinajstić information content (AvgIpc) is 2.64. The van der Waals surface area contributed by atoms with Crippen molar-refractivity contribution >= 4 is 29.3 Å². The van der Waals surface area contributed by atoms with E-state index in [1.54, 1.807) is 18.9 Å². The number of methoxy groups -OCH3 is 1. The van der Waals surface area contributed by atoms with Crippen LogP contribution in [0.2, 0.25) is 5.02 Å². The predicted molar refractivity (Wildman–Crippen MR) is 74.8 cm³/mol. The van der Waals surface area contributed by atoms with Gasteiger partial charge >= 0.3 is 0 Å². The average molecular weight is 286 g/mol. The summed E-state index contributed by atoms with van der Waals surface area (Å²) >= 11 is 7.85. The Bertz CT molecular complexity index is 441. The molecule has 0 spiro atoms. The molecule has 2 rings (SSSR count). The monoisotopic (exact) mass is 285 g/mol. The summed E-state index contributed by atoms with van der Waals surface area (Å²) in [5, 5.41) is 0.679. The van der Waals surface area contributed by atoms with Crippen LogP contribution in [-0.4, -0.2) is 36.3 Å². The topological polar surface area (TPSA) is 29.5 Å². The van der Waals surface area contributed by atoms with Crippen molar-refractivity contribution in [2.45, 2.75) is 17.5 Å². The third-order valence-corrected chi connectivity index (χ3v) is 4.67. The molecular formula is C13H16ClNO2S. The van der Waals surface area contributed by atoms with Crippen molar-refractivity contribution in [1.82, 2.24) is 4.90 Å². The zero-order chi connectivity index (χ0) is 13.1. The number of carbonyl (C=O) groups is 1. The molecular weight excluding hydrogens is 270 g/mol. The van der Waals surface area contributed by atoms with E-state index in [2.05, 4.69) is 0 Å². The van der Waals surface area contributed by atoms with Gasteiger partial charge in [-0.1, -0.05) is 29.8 Å². The number of carbonyl (C=O) groups excluding carboxylic acids is 1. The lowest BCUT2D eigenvalue weighted by atomic mass is 10.2. The number of amides is 1. The van der Waals surface area contributed by atoms with Gasteiger partial charge in [0.05, 0.1) is 11.9 Å². The molecule has 2 atom stereocenters. The van der Waals surface area contributed by atoms with Crippen LogP contribution in [0.4, 0.5) is 0 Å². The van der Waals surface area contributed by atoms with E-state index in [4.69, 9.17) is 16.3 Å². The Kier molecular flexibility index (Phi) is 4.54. The lowest BCUT2D eigenvalue weighted by molar-refractivity contribution is -0.130. The molecule has 1 aliphatic rings. The van der Waals surface area contributed by atoms with Crippen molar-refractivity contribution in [3.8, 4) is 0 Å². The fourth-order valence-electron chi connectivity index (χ4n) is 2.01. The van der Waals surface area contributed by atoms with E-state index >= 15 is 0 Å². The molecule has 3 nitrogen and oxygen atoms in total. The Hall–Kier alpha value is -0.710. The normalized spacial score (nSPS) is 23.7. The van der Waals surface area contributed by atoms with Crippen LogP contribution in [0, 0.1) is 0 Å². The standard InChI is InChI=1S/C13H16ClNO2S/c1-9-12(16)15(7-8-17-2)13(18-9)10-5-3-4-6-11(10)14/h3-6,9,13H,7-8H2,1-2H3/t9-,13+/m1/s1. The first-order chi connectivity index (χ1) is 8.65. The second-order valence-electron chi connectivity index (χ2n) is 4.18. The number of thioether (sulfide) groups is 1. The molecule has 0 bridgehead atoms. The van der Waals surface area contributed by atoms with Gasteiger partial charge in [-0.25, -0.2) is 0 Å². The van der Waals surface area contributed by atoms with E-state index in [0.29, 0.717) is 18.2 Å². The molecule has 1 amide bonds. The molecule has 0 unspecified atom stereocenters. The number of hydrogen-bond donors (Lipinski definition) is 0. The van der Waals surface area contributed by atoms with E-state index in [1.165, 1.54) is 0 Å². The van der Waals surface area contributed by atoms with Crippen molar-refractivity contribution in [2.75, 3.05) is 20.3 Å². The maximum Gasteiger partial charge on any atom is 0.236 e. The van der Waals surface area contributed by atoms with Crippen LogP contribution in [0.15, 0.2) is 24.3 Å². The minimum atomic E-state index is -0.0249. The van der Waals surface area contributed by atoms with Gasteiger partial charge in [0, 0.05) is 24.2 Å². The lowest BCUT2D eigenvalue weighted by Crippen LogP contribution is -2.33. The Labute approximate surface area is 116 Å². The van der Waals surface area contributed by atoms with E-state index in [-0.39, 0.29) is 16.5 Å². The van der Waals surface area contributed by atoms with E-state index in [9.17, 15) is 4.79 Å². The van der Waals surface area contributed by atoms with Crippen LogP contribution in [0.1, 0.15) is 17.9 Å². The SMILES string of the molecule is COCCN1C(=O)[C@@H](C)S[C@H]1c1ccccc1Cl. The van der Waals surface area contributed by atoms with Gasteiger partial charge in [0.25, 0.3) is 0 Å². The molecule has 0 radical (unpaired) electrons. The highest BCUT2D eigenvalue weighted by molar-refractivity contribution is 8.01. The predicted octanol–water partition coefficient (Wildman–Crippen LogP) is 2.95. The third kappa shape index (κ3) is 2.66. The molecule has 0 aromatic heterocycles. The number of halogens is 1. The molecule has 0 saturated carbocycles. The third-order valence-electron chi connectivity index (χ3n) is 2.95. The molecule has 1 aromatic rings. The second-order valence-corrected chi connectivity index (χ2v) is 6.01. The zero-order valence-corrected chi connectivity index (χ0v) is 12.0. The molecule has 0 aliphatic carbocycles. The summed E-state index contributed by atoms with van der Waals surface area (Å²) in [5.41, 5.74) is 0.998. The molecule has 1 aromatic carbocycles. The Morgan fingerprint density at radius 2 is 2.17 bits per heavy atom. The highest BCUT2D eigenvalue weighted by atomic mass is 35.5. The minimum absolute atomic E-state index is 0.00338. The lowest BCUT2D eigenvalue weighted by Gasteiger charge is -2.24. The molecule has 1 saturated heterocycles. The van der Waals surface area contributed by atoms with Crippen LogP contribution in [-0.2, 0) is 9.53 Å². The quantitative estimate of drug-likeness (QED) is 0.852. The Balaban J connectivity index is 2.25. The molecule has 5 heteroatoms. The highest BCUT2D eigenvalue weighted by Gasteiger charge is 2.38. The summed E-state index contributed by atoms with van der Waals surface area (Å²) in [6, 6.07) is 7.68. The molecule has 18 heavy (non-hydrogen) atoms. The van der Waals surface area contributed by atoms with Crippen LogP contribution < -0.4 is 0 Å².